The molecule has 0 saturated carbocycles. The SMILES string of the molecule is C[C@H]1[C@H]([Si](C)(C)O)[C@@H](CC(=O)N2Cc3ccccc3C[C@H]2CO)O[C@]12C(=O)Nc1ccc(NC(=O)[C@H]3CCCN3)cc12. The lowest BCUT2D eigenvalue weighted by atomic mass is 9.82. The van der Waals surface area contributed by atoms with Gasteiger partial charge in [-0.05, 0) is 68.2 Å². The predicted molar refractivity (Wildman–Crippen MR) is 160 cm³/mol. The van der Waals surface area contributed by atoms with Gasteiger partial charge in [-0.1, -0.05) is 31.2 Å². The summed E-state index contributed by atoms with van der Waals surface area (Å²) >= 11 is 0. The number of fused-ring (bicyclic) bond motifs is 3. The Bertz CT molecular complexity index is 1410. The molecule has 1 spiro atoms. The van der Waals surface area contributed by atoms with Crippen LogP contribution in [0.15, 0.2) is 42.5 Å². The number of hydrogen-bond acceptors (Lipinski definition) is 7. The van der Waals surface area contributed by atoms with Crippen LogP contribution in [0.4, 0.5) is 11.4 Å². The fraction of sp³-hybridized carbons (Fsp3) is 0.516. The van der Waals surface area contributed by atoms with E-state index in [1.54, 1.807) is 23.1 Å². The number of benzene rings is 2. The Hall–Kier alpha value is -3.09. The van der Waals surface area contributed by atoms with E-state index in [4.69, 9.17) is 4.74 Å². The van der Waals surface area contributed by atoms with Crippen molar-refractivity contribution in [3.8, 4) is 0 Å². The smallest absolute Gasteiger partial charge is 0.261 e. The average molecular weight is 593 g/mol. The third-order valence-electron chi connectivity index (χ3n) is 9.65. The summed E-state index contributed by atoms with van der Waals surface area (Å²) in [6.45, 7) is 6.59. The minimum Gasteiger partial charge on any atom is -0.432 e. The van der Waals surface area contributed by atoms with Crippen LogP contribution in [-0.2, 0) is 37.7 Å². The molecule has 2 aromatic rings. The topological polar surface area (TPSA) is 140 Å². The Labute approximate surface area is 246 Å². The molecule has 6 rings (SSSR count). The second kappa shape index (κ2) is 10.9. The van der Waals surface area contributed by atoms with Gasteiger partial charge in [0.25, 0.3) is 5.91 Å². The van der Waals surface area contributed by atoms with Gasteiger partial charge in [0.1, 0.15) is 0 Å². The van der Waals surface area contributed by atoms with Crippen molar-refractivity contribution in [2.45, 2.75) is 81.6 Å². The molecular formula is C31H40N4O6Si. The Morgan fingerprint density at radius 2 is 1.95 bits per heavy atom. The van der Waals surface area contributed by atoms with Crippen molar-refractivity contribution in [1.82, 2.24) is 10.2 Å². The summed E-state index contributed by atoms with van der Waals surface area (Å²) in [4.78, 5) is 53.6. The molecule has 2 saturated heterocycles. The van der Waals surface area contributed by atoms with Gasteiger partial charge in [-0.3, -0.25) is 14.4 Å². The molecule has 3 amide bonds. The van der Waals surface area contributed by atoms with E-state index in [1.807, 2.05) is 44.3 Å². The lowest BCUT2D eigenvalue weighted by molar-refractivity contribution is -0.149. The second-order valence-corrected chi connectivity index (χ2v) is 16.7. The molecule has 42 heavy (non-hydrogen) atoms. The van der Waals surface area contributed by atoms with Gasteiger partial charge in [0.15, 0.2) is 13.9 Å². The highest BCUT2D eigenvalue weighted by Gasteiger charge is 2.65. The quantitative estimate of drug-likeness (QED) is 0.325. The molecule has 2 aromatic carbocycles. The van der Waals surface area contributed by atoms with Crippen LogP contribution in [0.25, 0.3) is 0 Å². The summed E-state index contributed by atoms with van der Waals surface area (Å²) in [6, 6.07) is 12.6. The lowest BCUT2D eigenvalue weighted by Gasteiger charge is -2.37. The molecule has 4 aliphatic heterocycles. The molecular weight excluding hydrogens is 552 g/mol. The van der Waals surface area contributed by atoms with Crippen LogP contribution < -0.4 is 16.0 Å². The van der Waals surface area contributed by atoms with E-state index < -0.39 is 31.5 Å². The number of rotatable bonds is 6. The average Bonchev–Trinajstić information content (AvgIpc) is 3.66. The number of anilines is 2. The number of nitrogens with zero attached hydrogens (tertiary/aromatic N) is 1. The van der Waals surface area contributed by atoms with Crippen molar-refractivity contribution in [3.63, 3.8) is 0 Å². The van der Waals surface area contributed by atoms with Crippen molar-refractivity contribution in [2.24, 2.45) is 5.92 Å². The van der Waals surface area contributed by atoms with E-state index in [0.29, 0.717) is 29.9 Å². The van der Waals surface area contributed by atoms with E-state index >= 15 is 0 Å². The summed E-state index contributed by atoms with van der Waals surface area (Å²) in [5, 5.41) is 19.3. The van der Waals surface area contributed by atoms with Gasteiger partial charge in [-0.2, -0.15) is 0 Å². The molecule has 0 bridgehead atoms. The summed E-state index contributed by atoms with van der Waals surface area (Å²) < 4.78 is 6.69. The molecule has 4 heterocycles. The highest BCUT2D eigenvalue weighted by atomic mass is 28.4. The van der Waals surface area contributed by atoms with Gasteiger partial charge in [0.2, 0.25) is 11.8 Å². The number of ether oxygens (including phenoxy) is 1. The summed E-state index contributed by atoms with van der Waals surface area (Å²) in [5.41, 5.74) is 2.12. The van der Waals surface area contributed by atoms with Crippen molar-refractivity contribution in [3.05, 3.63) is 59.2 Å². The highest BCUT2D eigenvalue weighted by Crippen LogP contribution is 2.58. The molecule has 4 aliphatic rings. The van der Waals surface area contributed by atoms with Gasteiger partial charge >= 0.3 is 0 Å². The molecule has 2 fully saturated rings. The minimum atomic E-state index is -2.95. The van der Waals surface area contributed by atoms with E-state index in [-0.39, 0.29) is 42.8 Å². The third-order valence-corrected chi connectivity index (χ3v) is 12.1. The van der Waals surface area contributed by atoms with E-state index in [2.05, 4.69) is 16.0 Å². The number of amides is 3. The zero-order chi connectivity index (χ0) is 29.8. The van der Waals surface area contributed by atoms with Gasteiger partial charge in [-0.15, -0.1) is 0 Å². The summed E-state index contributed by atoms with van der Waals surface area (Å²) in [6.07, 6.45) is 1.57. The number of carbonyl (C=O) groups is 3. The van der Waals surface area contributed by atoms with Crippen molar-refractivity contribution >= 4 is 37.4 Å². The van der Waals surface area contributed by atoms with Gasteiger partial charge in [-0.25, -0.2) is 0 Å². The predicted octanol–water partition coefficient (Wildman–Crippen LogP) is 2.46. The lowest BCUT2D eigenvalue weighted by Crippen LogP contribution is -2.48. The summed E-state index contributed by atoms with van der Waals surface area (Å²) in [7, 11) is -2.95. The number of aliphatic hydroxyl groups excluding tert-OH is 1. The van der Waals surface area contributed by atoms with Crippen LogP contribution in [0.5, 0.6) is 0 Å². The number of nitrogens with one attached hydrogen (secondary N) is 3. The normalized spacial score (nSPS) is 30.3. The van der Waals surface area contributed by atoms with E-state index in [0.717, 1.165) is 30.5 Å². The fourth-order valence-corrected chi connectivity index (χ4v) is 10.2. The number of carbonyl (C=O) groups excluding carboxylic acids is 3. The minimum absolute atomic E-state index is 0.0151. The van der Waals surface area contributed by atoms with E-state index in [1.165, 1.54) is 0 Å². The van der Waals surface area contributed by atoms with Crippen LogP contribution in [0, 0.1) is 5.92 Å². The number of hydrogen-bond donors (Lipinski definition) is 5. The summed E-state index contributed by atoms with van der Waals surface area (Å²) in [5.74, 6) is -1.05. The Morgan fingerprint density at radius 1 is 1.19 bits per heavy atom. The van der Waals surface area contributed by atoms with Crippen LogP contribution >= 0.6 is 0 Å². The first-order chi connectivity index (χ1) is 20.0. The maximum atomic E-state index is 13.9. The first-order valence-electron chi connectivity index (χ1n) is 14.9. The van der Waals surface area contributed by atoms with Crippen molar-refractivity contribution in [1.29, 1.82) is 0 Å². The van der Waals surface area contributed by atoms with Gasteiger partial charge < -0.3 is 35.5 Å². The molecule has 10 nitrogen and oxygen atoms in total. The first-order valence-corrected chi connectivity index (χ1v) is 17.9. The Balaban J connectivity index is 1.29. The zero-order valence-corrected chi connectivity index (χ0v) is 25.4. The van der Waals surface area contributed by atoms with Crippen LogP contribution in [0.3, 0.4) is 0 Å². The van der Waals surface area contributed by atoms with Crippen molar-refractivity contribution in [2.75, 3.05) is 23.8 Å². The second-order valence-electron chi connectivity index (χ2n) is 12.7. The van der Waals surface area contributed by atoms with E-state index in [9.17, 15) is 24.3 Å². The largest absolute Gasteiger partial charge is 0.432 e. The maximum Gasteiger partial charge on any atom is 0.261 e. The third kappa shape index (κ3) is 4.86. The molecule has 0 aromatic heterocycles. The molecule has 0 unspecified atom stereocenters. The Morgan fingerprint density at radius 3 is 2.64 bits per heavy atom. The fourth-order valence-electron chi connectivity index (χ4n) is 7.64. The monoisotopic (exact) mass is 592 g/mol. The van der Waals surface area contributed by atoms with Crippen LogP contribution in [-0.4, -0.2) is 72.2 Å². The maximum absolute atomic E-state index is 13.9. The van der Waals surface area contributed by atoms with Crippen LogP contribution in [0.1, 0.15) is 42.9 Å². The molecule has 11 heteroatoms. The van der Waals surface area contributed by atoms with Gasteiger partial charge in [0.05, 0.1) is 31.2 Å². The van der Waals surface area contributed by atoms with Gasteiger partial charge in [0, 0.05) is 34.9 Å². The van der Waals surface area contributed by atoms with Crippen LogP contribution in [0.2, 0.25) is 18.6 Å². The molecule has 6 atom stereocenters. The standard InChI is InChI=1S/C31H40N4O6Si/c1-18-28(42(2,3)40)26(15-27(37)35-16-20-8-5-4-7-19(20)13-22(35)17-36)41-31(18)23-14-21(10-11-24(23)34-30(31)39)33-29(38)25-9-6-12-32-25/h4-5,7-8,10-11,14,18,22,25-26,28,32,36,40H,6,9,12-13,15-17H2,1-3H3,(H,33,38)(H,34,39)/t18-,22-,25+,26+,28-,31+/m0/s1. The number of aliphatic hydroxyl groups is 1. The first kappa shape index (κ1) is 29.0. The highest BCUT2D eigenvalue weighted by molar-refractivity contribution is 6.71. The molecule has 5 N–H and O–H groups in total. The molecule has 224 valence electrons. The van der Waals surface area contributed by atoms with Crippen molar-refractivity contribution < 1.29 is 29.0 Å². The molecule has 0 aliphatic carbocycles. The molecule has 0 radical (unpaired) electrons. The zero-order valence-electron chi connectivity index (χ0n) is 24.4. The Kier molecular flexibility index (Phi) is 7.51.